The van der Waals surface area contributed by atoms with E-state index in [0.717, 1.165) is 12.1 Å². The molecule has 1 aliphatic rings. The molecule has 2 rings (SSSR count). The second-order valence-electron chi connectivity index (χ2n) is 3.68. The molecule has 0 aromatic carbocycles. The highest BCUT2D eigenvalue weighted by Crippen LogP contribution is 2.22. The van der Waals surface area contributed by atoms with E-state index in [1.165, 1.54) is 0 Å². The Bertz CT molecular complexity index is 379. The fourth-order valence-corrected chi connectivity index (χ4v) is 1.76. The molecule has 1 amide bonds. The molecular formula is C10H12ClN3O. The molecule has 0 spiro atoms. The molecule has 1 saturated heterocycles. The van der Waals surface area contributed by atoms with Gasteiger partial charge in [0.15, 0.2) is 0 Å². The van der Waals surface area contributed by atoms with Crippen molar-refractivity contribution in [2.75, 3.05) is 13.1 Å². The zero-order valence-electron chi connectivity index (χ0n) is 8.38. The van der Waals surface area contributed by atoms with E-state index < -0.39 is 5.54 Å². The molecule has 15 heavy (non-hydrogen) atoms. The molecule has 0 saturated carbocycles. The maximum absolute atomic E-state index is 11.8. The van der Waals surface area contributed by atoms with Crippen molar-refractivity contribution in [1.29, 1.82) is 0 Å². The van der Waals surface area contributed by atoms with Crippen LogP contribution in [0.25, 0.3) is 0 Å². The predicted molar refractivity (Wildman–Crippen MR) is 57.6 cm³/mol. The van der Waals surface area contributed by atoms with Gasteiger partial charge in [0.1, 0.15) is 10.7 Å². The van der Waals surface area contributed by atoms with E-state index in [-0.39, 0.29) is 5.91 Å². The van der Waals surface area contributed by atoms with Crippen molar-refractivity contribution in [3.63, 3.8) is 0 Å². The number of aromatic nitrogens is 1. The molecule has 80 valence electrons. The summed E-state index contributed by atoms with van der Waals surface area (Å²) in [6.45, 7) is 3.26. The lowest BCUT2D eigenvalue weighted by Gasteiger charge is -2.33. The summed E-state index contributed by atoms with van der Waals surface area (Å²) in [5, 5.41) is 6.44. The second kappa shape index (κ2) is 3.79. The number of piperazine rings is 1. The summed E-state index contributed by atoms with van der Waals surface area (Å²) < 4.78 is 0. The summed E-state index contributed by atoms with van der Waals surface area (Å²) in [5.41, 5.74) is 0.125. The Kier molecular flexibility index (Phi) is 2.63. The van der Waals surface area contributed by atoms with Crippen LogP contribution in [0, 0.1) is 0 Å². The van der Waals surface area contributed by atoms with Crippen LogP contribution < -0.4 is 10.6 Å². The van der Waals surface area contributed by atoms with Crippen molar-refractivity contribution in [3.8, 4) is 0 Å². The predicted octanol–water partition coefficient (Wildman–Crippen LogP) is 0.670. The molecule has 4 nitrogen and oxygen atoms in total. The van der Waals surface area contributed by atoms with Gasteiger partial charge in [-0.25, -0.2) is 4.98 Å². The van der Waals surface area contributed by atoms with Crippen LogP contribution in [0.4, 0.5) is 0 Å². The van der Waals surface area contributed by atoms with Gasteiger partial charge in [0.05, 0.1) is 0 Å². The summed E-state index contributed by atoms with van der Waals surface area (Å²) in [7, 11) is 0. The summed E-state index contributed by atoms with van der Waals surface area (Å²) in [4.78, 5) is 15.7. The normalized spacial score (nSPS) is 26.1. The third-order valence-electron chi connectivity index (χ3n) is 2.65. The monoisotopic (exact) mass is 225 g/mol. The number of halogens is 1. The largest absolute Gasteiger partial charge is 0.353 e. The number of carbonyl (C=O) groups is 1. The first-order valence-electron chi connectivity index (χ1n) is 4.78. The fourth-order valence-electron chi connectivity index (χ4n) is 1.65. The first kappa shape index (κ1) is 10.4. The van der Waals surface area contributed by atoms with E-state index in [2.05, 4.69) is 15.6 Å². The minimum absolute atomic E-state index is 0.0297. The quantitative estimate of drug-likeness (QED) is 0.691. The van der Waals surface area contributed by atoms with Crippen molar-refractivity contribution in [3.05, 3.63) is 29.0 Å². The van der Waals surface area contributed by atoms with Gasteiger partial charge in [-0.15, -0.1) is 0 Å². The van der Waals surface area contributed by atoms with Gasteiger partial charge in [0, 0.05) is 19.3 Å². The Morgan fingerprint density at radius 3 is 2.87 bits per heavy atom. The lowest BCUT2D eigenvalue weighted by molar-refractivity contribution is -0.129. The van der Waals surface area contributed by atoms with E-state index in [0.29, 0.717) is 11.7 Å². The van der Waals surface area contributed by atoms with Gasteiger partial charge < -0.3 is 5.32 Å². The van der Waals surface area contributed by atoms with Crippen molar-refractivity contribution >= 4 is 17.5 Å². The highest BCUT2D eigenvalue weighted by Gasteiger charge is 2.37. The Morgan fingerprint density at radius 2 is 2.27 bits per heavy atom. The highest BCUT2D eigenvalue weighted by molar-refractivity contribution is 6.29. The minimum atomic E-state index is -0.699. The molecular weight excluding hydrogens is 214 g/mol. The maximum atomic E-state index is 11.8. The summed E-state index contributed by atoms with van der Waals surface area (Å²) in [6.07, 6.45) is 1.63. The van der Waals surface area contributed by atoms with Gasteiger partial charge in [0.2, 0.25) is 5.91 Å². The van der Waals surface area contributed by atoms with E-state index >= 15 is 0 Å². The highest BCUT2D eigenvalue weighted by atomic mass is 35.5. The molecule has 1 atom stereocenters. The smallest absolute Gasteiger partial charge is 0.244 e. The number of rotatable bonds is 1. The standard InChI is InChI=1S/C10H12ClN3O/c1-10(9(15)12-4-5-14-10)7-2-3-8(11)13-6-7/h2-3,6,14H,4-5H2,1H3,(H,12,15). The Balaban J connectivity index is 2.35. The average molecular weight is 226 g/mol. The summed E-state index contributed by atoms with van der Waals surface area (Å²) in [5.74, 6) is -0.0297. The Hall–Kier alpha value is -1.13. The van der Waals surface area contributed by atoms with Crippen LogP contribution in [0.3, 0.4) is 0 Å². The molecule has 1 fully saturated rings. The molecule has 5 heteroatoms. The topological polar surface area (TPSA) is 54.0 Å². The molecule has 0 radical (unpaired) electrons. The molecule has 0 aliphatic carbocycles. The van der Waals surface area contributed by atoms with Crippen molar-refractivity contribution in [1.82, 2.24) is 15.6 Å². The van der Waals surface area contributed by atoms with Gasteiger partial charge in [-0.3, -0.25) is 10.1 Å². The average Bonchev–Trinajstić information content (AvgIpc) is 2.23. The van der Waals surface area contributed by atoms with E-state index in [1.54, 1.807) is 12.3 Å². The SMILES string of the molecule is CC1(c2ccc(Cl)nc2)NCCNC1=O. The van der Waals surface area contributed by atoms with E-state index in [9.17, 15) is 4.79 Å². The van der Waals surface area contributed by atoms with Crippen molar-refractivity contribution < 1.29 is 4.79 Å². The molecule has 0 bridgehead atoms. The minimum Gasteiger partial charge on any atom is -0.353 e. The molecule has 1 aromatic heterocycles. The molecule has 2 N–H and O–H groups in total. The number of pyridine rings is 1. The lowest BCUT2D eigenvalue weighted by Crippen LogP contribution is -2.59. The lowest BCUT2D eigenvalue weighted by atomic mass is 9.91. The zero-order valence-corrected chi connectivity index (χ0v) is 9.14. The zero-order chi connectivity index (χ0) is 10.9. The van der Waals surface area contributed by atoms with Crippen LogP contribution in [0.15, 0.2) is 18.3 Å². The van der Waals surface area contributed by atoms with E-state index in [1.807, 2.05) is 13.0 Å². The van der Waals surface area contributed by atoms with Crippen molar-refractivity contribution in [2.24, 2.45) is 0 Å². The number of carbonyl (C=O) groups excluding carboxylic acids is 1. The van der Waals surface area contributed by atoms with Crippen molar-refractivity contribution in [2.45, 2.75) is 12.5 Å². The molecule has 1 unspecified atom stereocenters. The molecule has 1 aromatic rings. The Labute approximate surface area is 93.0 Å². The Morgan fingerprint density at radius 1 is 1.47 bits per heavy atom. The first-order valence-corrected chi connectivity index (χ1v) is 5.16. The fraction of sp³-hybridized carbons (Fsp3) is 0.400. The number of amides is 1. The van der Waals surface area contributed by atoms with E-state index in [4.69, 9.17) is 11.6 Å². The van der Waals surface area contributed by atoms with Crippen LogP contribution in [0.5, 0.6) is 0 Å². The van der Waals surface area contributed by atoms with Gasteiger partial charge in [0.25, 0.3) is 0 Å². The first-order chi connectivity index (χ1) is 7.13. The number of hydrogen-bond donors (Lipinski definition) is 2. The van der Waals surface area contributed by atoms with Crippen LogP contribution in [0.2, 0.25) is 5.15 Å². The van der Waals surface area contributed by atoms with Crippen LogP contribution in [-0.4, -0.2) is 24.0 Å². The third-order valence-corrected chi connectivity index (χ3v) is 2.87. The van der Waals surface area contributed by atoms with Gasteiger partial charge in [-0.2, -0.15) is 0 Å². The third kappa shape index (κ3) is 1.82. The number of hydrogen-bond acceptors (Lipinski definition) is 3. The molecule has 2 heterocycles. The number of nitrogens with one attached hydrogen (secondary N) is 2. The second-order valence-corrected chi connectivity index (χ2v) is 4.06. The summed E-state index contributed by atoms with van der Waals surface area (Å²) >= 11 is 5.70. The number of nitrogens with zero attached hydrogens (tertiary/aromatic N) is 1. The van der Waals surface area contributed by atoms with Crippen LogP contribution in [-0.2, 0) is 10.3 Å². The molecule has 1 aliphatic heterocycles. The van der Waals surface area contributed by atoms with Crippen LogP contribution in [0.1, 0.15) is 12.5 Å². The van der Waals surface area contributed by atoms with Gasteiger partial charge in [-0.05, 0) is 18.6 Å². The van der Waals surface area contributed by atoms with Gasteiger partial charge in [-0.1, -0.05) is 17.7 Å². The van der Waals surface area contributed by atoms with Gasteiger partial charge >= 0.3 is 0 Å². The maximum Gasteiger partial charge on any atom is 0.244 e. The van der Waals surface area contributed by atoms with Crippen LogP contribution >= 0.6 is 11.6 Å². The summed E-state index contributed by atoms with van der Waals surface area (Å²) in [6, 6.07) is 3.50.